The second-order valence-corrected chi connectivity index (χ2v) is 5.01. The Kier molecular flexibility index (Phi) is 3.32. The van der Waals surface area contributed by atoms with Crippen molar-refractivity contribution in [3.8, 4) is 11.1 Å². The monoisotopic (exact) mass is 320 g/mol. The number of anilines is 1. The van der Waals surface area contributed by atoms with Crippen molar-refractivity contribution < 1.29 is 18.0 Å². The van der Waals surface area contributed by atoms with Crippen LogP contribution in [0.5, 0.6) is 0 Å². The molecule has 0 atom stereocenters. The molecule has 0 spiro atoms. The summed E-state index contributed by atoms with van der Waals surface area (Å²) in [6, 6.07) is 11.9. The molecule has 0 saturated carbocycles. The maximum Gasteiger partial charge on any atom is 0.442 e. The molecule has 1 aliphatic heterocycles. The molecule has 1 heterocycles. The summed E-state index contributed by atoms with van der Waals surface area (Å²) < 4.78 is 38.8. The largest absolute Gasteiger partial charge is 0.442 e. The number of hydrogen-bond acceptors (Lipinski definition) is 3. The van der Waals surface area contributed by atoms with Gasteiger partial charge in [-0.3, -0.25) is 0 Å². The molecule has 2 aromatic carbocycles. The second kappa shape index (κ2) is 5.08. The van der Waals surface area contributed by atoms with Gasteiger partial charge in [0.25, 0.3) is 0 Å². The van der Waals surface area contributed by atoms with E-state index in [1.165, 1.54) is 12.1 Å². The van der Waals surface area contributed by atoms with E-state index in [1.54, 1.807) is 36.4 Å². The number of nitrogens with zero attached hydrogens (tertiary/aromatic N) is 2. The van der Waals surface area contributed by atoms with Crippen molar-refractivity contribution in [3.63, 3.8) is 0 Å². The van der Waals surface area contributed by atoms with Gasteiger partial charge in [-0.1, -0.05) is 36.4 Å². The number of carbonyl (C=O) groups is 1. The Morgan fingerprint density at radius 2 is 1.43 bits per heavy atom. The van der Waals surface area contributed by atoms with E-state index in [0.29, 0.717) is 5.69 Å². The van der Waals surface area contributed by atoms with Gasteiger partial charge in [0.1, 0.15) is 0 Å². The minimum absolute atomic E-state index is 0.0132. The number of primary amides is 1. The number of alkyl halides is 3. The lowest BCUT2D eigenvalue weighted by Gasteiger charge is -2.15. The normalized spacial score (nSPS) is 15.3. The molecule has 1 aliphatic rings. The zero-order chi connectivity index (χ0) is 16.7. The topological polar surface area (TPSA) is 79.8 Å². The Hall–Kier alpha value is -2.90. The molecule has 2 amide bonds. The maximum absolute atomic E-state index is 12.9. The number of amides is 2. The van der Waals surface area contributed by atoms with Crippen LogP contribution in [0.25, 0.3) is 11.1 Å². The predicted molar refractivity (Wildman–Crippen MR) is 77.7 cm³/mol. The first-order valence-electron chi connectivity index (χ1n) is 6.60. The van der Waals surface area contributed by atoms with Crippen LogP contribution >= 0.6 is 0 Å². The summed E-state index contributed by atoms with van der Waals surface area (Å²) in [7, 11) is 0. The van der Waals surface area contributed by atoms with Gasteiger partial charge in [-0.2, -0.15) is 13.2 Å². The highest BCUT2D eigenvalue weighted by Crippen LogP contribution is 2.52. The first-order chi connectivity index (χ1) is 10.8. The fraction of sp³-hybridized carbons (Fsp3) is 0.133. The molecule has 5 nitrogen and oxygen atoms in total. The summed E-state index contributed by atoms with van der Waals surface area (Å²) in [6.07, 6.45) is -4.53. The number of nitrogens with one attached hydrogen (secondary N) is 1. The Morgan fingerprint density at radius 1 is 0.957 bits per heavy atom. The van der Waals surface area contributed by atoms with Gasteiger partial charge in [0.15, 0.2) is 0 Å². The van der Waals surface area contributed by atoms with Gasteiger partial charge < -0.3 is 11.1 Å². The van der Waals surface area contributed by atoms with E-state index in [-0.39, 0.29) is 5.56 Å². The average Bonchev–Trinajstić information content (AvgIpc) is 3.29. The van der Waals surface area contributed by atoms with E-state index in [4.69, 9.17) is 5.73 Å². The van der Waals surface area contributed by atoms with Crippen LogP contribution in [-0.2, 0) is 5.66 Å². The molecule has 0 saturated heterocycles. The lowest BCUT2D eigenvalue weighted by molar-refractivity contribution is -0.166. The Labute approximate surface area is 129 Å². The van der Waals surface area contributed by atoms with Crippen LogP contribution in [0.3, 0.4) is 0 Å². The highest BCUT2D eigenvalue weighted by molar-refractivity contribution is 5.88. The molecule has 8 heteroatoms. The highest BCUT2D eigenvalue weighted by Gasteiger charge is 2.65. The maximum atomic E-state index is 12.9. The standard InChI is InChI=1S/C15H11F3N4O/c16-15(17,18)14(21-22-14)11-5-1-9(2-6-11)10-3-7-12(8-4-10)20-13(19)23/h1-8H,(H3,19,20,23). The number of rotatable bonds is 3. The first-order valence-corrected chi connectivity index (χ1v) is 6.60. The smallest absolute Gasteiger partial charge is 0.351 e. The fourth-order valence-corrected chi connectivity index (χ4v) is 2.23. The summed E-state index contributed by atoms with van der Waals surface area (Å²) in [5, 5.41) is 8.76. The molecular weight excluding hydrogens is 309 g/mol. The second-order valence-electron chi connectivity index (χ2n) is 5.01. The predicted octanol–water partition coefficient (Wildman–Crippen LogP) is 4.03. The highest BCUT2D eigenvalue weighted by atomic mass is 19.4. The van der Waals surface area contributed by atoms with Gasteiger partial charge in [-0.25, -0.2) is 4.79 Å². The fourth-order valence-electron chi connectivity index (χ4n) is 2.23. The Bertz CT molecular complexity index is 761. The molecule has 0 unspecified atom stereocenters. The van der Waals surface area contributed by atoms with Gasteiger partial charge in [0.2, 0.25) is 0 Å². The van der Waals surface area contributed by atoms with Crippen molar-refractivity contribution in [2.45, 2.75) is 11.8 Å². The van der Waals surface area contributed by atoms with Crippen LogP contribution in [0.15, 0.2) is 58.8 Å². The van der Waals surface area contributed by atoms with E-state index in [0.717, 1.165) is 11.1 Å². The van der Waals surface area contributed by atoms with E-state index in [1.807, 2.05) is 0 Å². The third-order valence-corrected chi connectivity index (χ3v) is 3.47. The molecular formula is C15H11F3N4O. The average molecular weight is 320 g/mol. The van der Waals surface area contributed by atoms with Crippen molar-refractivity contribution in [1.29, 1.82) is 0 Å². The van der Waals surface area contributed by atoms with Gasteiger partial charge in [-0.15, -0.1) is 10.2 Å². The van der Waals surface area contributed by atoms with Crippen LogP contribution in [0.2, 0.25) is 0 Å². The molecule has 118 valence electrons. The van der Waals surface area contributed by atoms with Crippen molar-refractivity contribution in [2.24, 2.45) is 16.0 Å². The van der Waals surface area contributed by atoms with Crippen LogP contribution < -0.4 is 11.1 Å². The molecule has 0 bridgehead atoms. The molecule has 0 aliphatic carbocycles. The van der Waals surface area contributed by atoms with Crippen molar-refractivity contribution >= 4 is 11.7 Å². The van der Waals surface area contributed by atoms with Crippen LogP contribution in [0, 0.1) is 0 Å². The lowest BCUT2D eigenvalue weighted by Crippen LogP contribution is -2.29. The molecule has 3 N–H and O–H groups in total. The minimum atomic E-state index is -4.53. The Morgan fingerprint density at radius 3 is 1.83 bits per heavy atom. The van der Waals surface area contributed by atoms with Crippen LogP contribution in [-0.4, -0.2) is 12.2 Å². The summed E-state index contributed by atoms with van der Waals surface area (Å²) >= 11 is 0. The molecule has 0 aromatic heterocycles. The number of halogens is 3. The third kappa shape index (κ3) is 2.75. The lowest BCUT2D eigenvalue weighted by atomic mass is 9.98. The molecule has 3 rings (SSSR count). The van der Waals surface area contributed by atoms with E-state index < -0.39 is 17.9 Å². The first kappa shape index (κ1) is 15.0. The molecule has 0 fully saturated rings. The van der Waals surface area contributed by atoms with Gasteiger partial charge in [-0.05, 0) is 23.3 Å². The molecule has 2 aromatic rings. The number of benzene rings is 2. The molecule has 0 radical (unpaired) electrons. The summed E-state index contributed by atoms with van der Waals surface area (Å²) in [4.78, 5) is 10.7. The van der Waals surface area contributed by atoms with Gasteiger partial charge >= 0.3 is 17.9 Å². The number of nitrogens with two attached hydrogens (primary N) is 1. The van der Waals surface area contributed by atoms with E-state index >= 15 is 0 Å². The zero-order valence-corrected chi connectivity index (χ0v) is 11.6. The van der Waals surface area contributed by atoms with Crippen LogP contribution in [0.4, 0.5) is 23.7 Å². The molecule has 23 heavy (non-hydrogen) atoms. The van der Waals surface area contributed by atoms with Gasteiger partial charge in [0.05, 0.1) is 0 Å². The van der Waals surface area contributed by atoms with E-state index in [9.17, 15) is 18.0 Å². The SMILES string of the molecule is NC(=O)Nc1ccc(-c2ccc(C3(C(F)(F)F)N=N3)cc2)cc1. The van der Waals surface area contributed by atoms with Crippen molar-refractivity contribution in [3.05, 3.63) is 54.1 Å². The van der Waals surface area contributed by atoms with E-state index in [2.05, 4.69) is 15.5 Å². The zero-order valence-electron chi connectivity index (χ0n) is 11.6. The quantitative estimate of drug-likeness (QED) is 0.880. The number of carbonyl (C=O) groups excluding carboxylic acids is 1. The summed E-state index contributed by atoms with van der Waals surface area (Å²) in [5.41, 5.74) is 4.65. The number of hydrogen-bond donors (Lipinski definition) is 2. The van der Waals surface area contributed by atoms with Gasteiger partial charge in [0, 0.05) is 11.3 Å². The Balaban J connectivity index is 1.82. The minimum Gasteiger partial charge on any atom is -0.351 e. The van der Waals surface area contributed by atoms with Crippen LogP contribution in [0.1, 0.15) is 5.56 Å². The number of urea groups is 1. The summed E-state index contributed by atoms with van der Waals surface area (Å²) in [5.74, 6) is 0. The third-order valence-electron chi connectivity index (χ3n) is 3.47. The van der Waals surface area contributed by atoms with Crippen molar-refractivity contribution in [1.82, 2.24) is 0 Å². The van der Waals surface area contributed by atoms with Crippen molar-refractivity contribution in [2.75, 3.05) is 5.32 Å². The summed E-state index contributed by atoms with van der Waals surface area (Å²) in [6.45, 7) is 0.